The van der Waals surface area contributed by atoms with E-state index < -0.39 is 0 Å². The zero-order valence-electron chi connectivity index (χ0n) is 9.82. The topological polar surface area (TPSA) is 29.1 Å². The molecule has 1 N–H and O–H groups in total. The van der Waals surface area contributed by atoms with Crippen molar-refractivity contribution in [1.82, 2.24) is 5.32 Å². The van der Waals surface area contributed by atoms with Crippen LogP contribution in [0.2, 0.25) is 0 Å². The third-order valence-corrected chi connectivity index (χ3v) is 2.53. The molecule has 0 atom stereocenters. The average Bonchev–Trinajstić information content (AvgIpc) is 1.83. The monoisotopic (exact) mass is 185 g/mol. The summed E-state index contributed by atoms with van der Waals surface area (Å²) >= 11 is 0. The molecule has 0 aliphatic heterocycles. The molecular formula is C11H23NO. The first-order valence-electron chi connectivity index (χ1n) is 4.87. The Labute approximate surface area is 82.1 Å². The van der Waals surface area contributed by atoms with E-state index in [0.29, 0.717) is 0 Å². The van der Waals surface area contributed by atoms with Gasteiger partial charge in [0.25, 0.3) is 0 Å². The highest BCUT2D eigenvalue weighted by molar-refractivity contribution is 5.81. The van der Waals surface area contributed by atoms with Crippen molar-refractivity contribution in [3.8, 4) is 0 Å². The molecule has 0 spiro atoms. The van der Waals surface area contributed by atoms with E-state index in [1.165, 1.54) is 0 Å². The van der Waals surface area contributed by atoms with Crippen molar-refractivity contribution in [2.24, 2.45) is 10.8 Å². The fourth-order valence-electron chi connectivity index (χ4n) is 1.86. The fraction of sp³-hybridized carbons (Fsp3) is 0.909. The third-order valence-electron chi connectivity index (χ3n) is 2.53. The normalized spacial score (nSPS) is 13.1. The second kappa shape index (κ2) is 4.23. The predicted molar refractivity (Wildman–Crippen MR) is 56.8 cm³/mol. The van der Waals surface area contributed by atoms with E-state index in [4.69, 9.17) is 0 Å². The molecule has 78 valence electrons. The fourth-order valence-corrected chi connectivity index (χ4v) is 1.86. The zero-order chi connectivity index (χ0) is 10.7. The molecule has 0 radical (unpaired) electrons. The van der Waals surface area contributed by atoms with Crippen molar-refractivity contribution in [2.45, 2.75) is 41.0 Å². The molecule has 0 aliphatic carbocycles. The highest BCUT2D eigenvalue weighted by Crippen LogP contribution is 2.33. The molecule has 0 saturated carbocycles. The van der Waals surface area contributed by atoms with Crippen LogP contribution in [0.3, 0.4) is 0 Å². The van der Waals surface area contributed by atoms with Crippen LogP contribution in [-0.2, 0) is 4.79 Å². The van der Waals surface area contributed by atoms with Gasteiger partial charge in [0.1, 0.15) is 5.78 Å². The van der Waals surface area contributed by atoms with Gasteiger partial charge in [-0.25, -0.2) is 0 Å². The van der Waals surface area contributed by atoms with Gasteiger partial charge in [-0.15, -0.1) is 0 Å². The summed E-state index contributed by atoms with van der Waals surface area (Å²) in [5, 5.41) is 3.16. The number of hydrogen-bond donors (Lipinski definition) is 1. The van der Waals surface area contributed by atoms with Crippen LogP contribution >= 0.6 is 0 Å². The van der Waals surface area contributed by atoms with Gasteiger partial charge in [-0.2, -0.15) is 0 Å². The number of carbonyl (C=O) groups excluding carboxylic acids is 1. The lowest BCUT2D eigenvalue weighted by molar-refractivity contribution is -0.126. The van der Waals surface area contributed by atoms with Crippen molar-refractivity contribution >= 4 is 5.78 Å². The lowest BCUT2D eigenvalue weighted by atomic mass is 9.73. The molecule has 2 nitrogen and oxygen atoms in total. The van der Waals surface area contributed by atoms with Crippen LogP contribution in [0.15, 0.2) is 0 Å². The van der Waals surface area contributed by atoms with Gasteiger partial charge in [0, 0.05) is 5.41 Å². The van der Waals surface area contributed by atoms with Gasteiger partial charge < -0.3 is 5.32 Å². The maximum atomic E-state index is 11.3. The number of hydrogen-bond acceptors (Lipinski definition) is 2. The van der Waals surface area contributed by atoms with Crippen LogP contribution in [0, 0.1) is 10.8 Å². The Morgan fingerprint density at radius 1 is 1.23 bits per heavy atom. The smallest absolute Gasteiger partial charge is 0.135 e. The largest absolute Gasteiger partial charge is 0.319 e. The van der Waals surface area contributed by atoms with Gasteiger partial charge in [-0.1, -0.05) is 27.7 Å². The van der Waals surface area contributed by atoms with Crippen molar-refractivity contribution in [3.63, 3.8) is 0 Å². The van der Waals surface area contributed by atoms with E-state index in [1.54, 1.807) is 6.92 Å². The molecule has 0 unspecified atom stereocenters. The molecule has 2 heteroatoms. The van der Waals surface area contributed by atoms with Crippen molar-refractivity contribution in [2.75, 3.05) is 13.6 Å². The van der Waals surface area contributed by atoms with E-state index >= 15 is 0 Å². The summed E-state index contributed by atoms with van der Waals surface area (Å²) in [4.78, 5) is 11.3. The van der Waals surface area contributed by atoms with E-state index in [9.17, 15) is 4.79 Å². The Morgan fingerprint density at radius 2 is 1.69 bits per heavy atom. The van der Waals surface area contributed by atoms with Crippen LogP contribution in [0.5, 0.6) is 0 Å². The Kier molecular flexibility index (Phi) is 4.11. The maximum absolute atomic E-state index is 11.3. The van der Waals surface area contributed by atoms with E-state index in [-0.39, 0.29) is 16.6 Å². The molecular weight excluding hydrogens is 162 g/mol. The molecule has 0 bridgehead atoms. The molecule has 0 saturated heterocycles. The minimum absolute atomic E-state index is 0.184. The molecule has 0 fully saturated rings. The van der Waals surface area contributed by atoms with Gasteiger partial charge in [0.15, 0.2) is 0 Å². The molecule has 0 heterocycles. The molecule has 13 heavy (non-hydrogen) atoms. The third kappa shape index (κ3) is 4.41. The Morgan fingerprint density at radius 3 is 2.00 bits per heavy atom. The molecule has 0 aromatic rings. The Hall–Kier alpha value is -0.370. The minimum Gasteiger partial charge on any atom is -0.319 e. The zero-order valence-corrected chi connectivity index (χ0v) is 9.82. The van der Waals surface area contributed by atoms with Gasteiger partial charge in [-0.3, -0.25) is 4.79 Å². The molecule has 0 aromatic heterocycles. The summed E-state index contributed by atoms with van der Waals surface area (Å²) in [6, 6.07) is 0. The predicted octanol–water partition coefficient (Wildman–Crippen LogP) is 2.24. The SMILES string of the molecule is CNCC(C)(C)CC(C)(C)C(C)=O. The minimum atomic E-state index is -0.194. The van der Waals surface area contributed by atoms with Crippen LogP contribution in [0.1, 0.15) is 41.0 Å². The van der Waals surface area contributed by atoms with Crippen LogP contribution < -0.4 is 5.32 Å². The summed E-state index contributed by atoms with van der Waals surface area (Å²) in [6.45, 7) is 11.0. The number of rotatable bonds is 5. The Balaban J connectivity index is 4.33. The first-order valence-corrected chi connectivity index (χ1v) is 4.87. The summed E-state index contributed by atoms with van der Waals surface area (Å²) < 4.78 is 0. The highest BCUT2D eigenvalue weighted by Gasteiger charge is 2.31. The van der Waals surface area contributed by atoms with Crippen LogP contribution in [-0.4, -0.2) is 19.4 Å². The van der Waals surface area contributed by atoms with E-state index in [1.807, 2.05) is 20.9 Å². The first kappa shape index (κ1) is 12.6. The number of ketones is 1. The average molecular weight is 185 g/mol. The van der Waals surface area contributed by atoms with Crippen molar-refractivity contribution in [3.05, 3.63) is 0 Å². The quantitative estimate of drug-likeness (QED) is 0.711. The van der Waals surface area contributed by atoms with E-state index in [0.717, 1.165) is 13.0 Å². The highest BCUT2D eigenvalue weighted by atomic mass is 16.1. The molecule has 0 aromatic carbocycles. The second-order valence-electron chi connectivity index (χ2n) is 5.31. The lowest BCUT2D eigenvalue weighted by Gasteiger charge is -2.33. The van der Waals surface area contributed by atoms with Crippen LogP contribution in [0.25, 0.3) is 0 Å². The van der Waals surface area contributed by atoms with Gasteiger partial charge >= 0.3 is 0 Å². The van der Waals surface area contributed by atoms with Crippen molar-refractivity contribution in [1.29, 1.82) is 0 Å². The summed E-state index contributed by atoms with van der Waals surface area (Å²) in [6.07, 6.45) is 0.927. The number of carbonyl (C=O) groups is 1. The van der Waals surface area contributed by atoms with Gasteiger partial charge in [0.05, 0.1) is 0 Å². The van der Waals surface area contributed by atoms with E-state index in [2.05, 4.69) is 19.2 Å². The standard InChI is InChI=1S/C11H23NO/c1-9(13)11(4,5)7-10(2,3)8-12-6/h12H,7-8H2,1-6H3. The summed E-state index contributed by atoms with van der Waals surface area (Å²) in [5.74, 6) is 0.275. The number of Topliss-reactive ketones (excluding diaryl/α,β-unsaturated/α-hetero) is 1. The molecule has 0 rings (SSSR count). The molecule has 0 amide bonds. The maximum Gasteiger partial charge on any atom is 0.135 e. The summed E-state index contributed by atoms with van der Waals surface area (Å²) in [5.41, 5.74) is -0.00965. The van der Waals surface area contributed by atoms with Crippen molar-refractivity contribution < 1.29 is 4.79 Å². The van der Waals surface area contributed by atoms with Gasteiger partial charge in [-0.05, 0) is 32.4 Å². The summed E-state index contributed by atoms with van der Waals surface area (Å²) in [7, 11) is 1.95. The van der Waals surface area contributed by atoms with Gasteiger partial charge in [0.2, 0.25) is 0 Å². The Bertz CT molecular complexity index is 183. The lowest BCUT2D eigenvalue weighted by Crippen LogP contribution is -2.34. The first-order chi connectivity index (χ1) is 5.71. The molecule has 0 aliphatic rings. The number of nitrogens with one attached hydrogen (secondary N) is 1. The van der Waals surface area contributed by atoms with Crippen LogP contribution in [0.4, 0.5) is 0 Å². The second-order valence-corrected chi connectivity index (χ2v) is 5.31.